The van der Waals surface area contributed by atoms with Crippen LogP contribution in [0.1, 0.15) is 53.0 Å². The molecule has 1 aromatic carbocycles. The van der Waals surface area contributed by atoms with Gasteiger partial charge in [0.1, 0.15) is 6.04 Å². The van der Waals surface area contributed by atoms with Gasteiger partial charge in [-0.3, -0.25) is 34.3 Å². The molecule has 1 aromatic rings. The number of aliphatic hydroxyl groups is 1. The highest BCUT2D eigenvalue weighted by Gasteiger charge is 2.44. The average Bonchev–Trinajstić information content (AvgIpc) is 2.83. The van der Waals surface area contributed by atoms with Crippen LogP contribution in [0.5, 0.6) is 0 Å². The van der Waals surface area contributed by atoms with Gasteiger partial charge in [-0.25, -0.2) is 0 Å². The lowest BCUT2D eigenvalue weighted by Crippen LogP contribution is -2.59. The Morgan fingerprint density at radius 2 is 1.83 bits per heavy atom. The van der Waals surface area contributed by atoms with E-state index in [1.54, 1.807) is 32.0 Å². The highest BCUT2D eigenvalue weighted by atomic mass is 16.3. The van der Waals surface area contributed by atoms with Crippen LogP contribution in [0.25, 0.3) is 0 Å². The predicted octanol–water partition coefficient (Wildman–Crippen LogP) is -0.367. The summed E-state index contributed by atoms with van der Waals surface area (Å²) in [6, 6.07) is 4.46. The first kappa shape index (κ1) is 20.6. The standard InChI is InChI=1S/C21H26N4O5/c1-21(2,30)11-24(13-8-22-9-13)10-12-3-4-14-15(7-12)20(29)25(19(14)28)16-5-6-17(26)23-18(16)27/h3-4,7,13,16,22,30H,5-6,8-11H2,1-2H3,(H,23,26,27). The second-order valence-corrected chi connectivity index (χ2v) is 8.86. The summed E-state index contributed by atoms with van der Waals surface area (Å²) in [5.74, 6) is -2.03. The van der Waals surface area contributed by atoms with Crippen molar-refractivity contribution in [2.24, 2.45) is 0 Å². The number of carbonyl (C=O) groups is 4. The third-order valence-corrected chi connectivity index (χ3v) is 5.76. The minimum atomic E-state index is -0.966. The second kappa shape index (κ2) is 7.57. The van der Waals surface area contributed by atoms with E-state index in [1.807, 2.05) is 0 Å². The van der Waals surface area contributed by atoms with Crippen molar-refractivity contribution in [2.45, 2.75) is 50.9 Å². The molecule has 9 heteroatoms. The van der Waals surface area contributed by atoms with E-state index < -0.39 is 35.3 Å². The van der Waals surface area contributed by atoms with Crippen molar-refractivity contribution in [1.82, 2.24) is 20.4 Å². The summed E-state index contributed by atoms with van der Waals surface area (Å²) < 4.78 is 0. The fourth-order valence-corrected chi connectivity index (χ4v) is 4.19. The molecule has 0 spiro atoms. The van der Waals surface area contributed by atoms with E-state index in [9.17, 15) is 24.3 Å². The van der Waals surface area contributed by atoms with Crippen molar-refractivity contribution in [3.63, 3.8) is 0 Å². The third kappa shape index (κ3) is 3.88. The molecule has 0 aliphatic carbocycles. The van der Waals surface area contributed by atoms with Crippen LogP contribution in [-0.2, 0) is 16.1 Å². The van der Waals surface area contributed by atoms with Gasteiger partial charge in [0.25, 0.3) is 11.8 Å². The minimum absolute atomic E-state index is 0.0936. The molecule has 1 atom stereocenters. The van der Waals surface area contributed by atoms with Crippen molar-refractivity contribution in [2.75, 3.05) is 19.6 Å². The van der Waals surface area contributed by atoms with Gasteiger partial charge < -0.3 is 10.4 Å². The Morgan fingerprint density at radius 1 is 1.13 bits per heavy atom. The molecular weight excluding hydrogens is 388 g/mol. The van der Waals surface area contributed by atoms with E-state index in [0.717, 1.165) is 23.6 Å². The van der Waals surface area contributed by atoms with Gasteiger partial charge in [-0.2, -0.15) is 0 Å². The van der Waals surface area contributed by atoms with Crippen molar-refractivity contribution in [3.05, 3.63) is 34.9 Å². The van der Waals surface area contributed by atoms with Crippen molar-refractivity contribution in [1.29, 1.82) is 0 Å². The van der Waals surface area contributed by atoms with Crippen LogP contribution < -0.4 is 10.6 Å². The number of hydrogen-bond acceptors (Lipinski definition) is 7. The number of fused-ring (bicyclic) bond motifs is 1. The Kier molecular flexibility index (Phi) is 5.21. The Hall–Kier alpha value is -2.62. The highest BCUT2D eigenvalue weighted by molar-refractivity contribution is 6.23. The number of nitrogens with one attached hydrogen (secondary N) is 2. The van der Waals surface area contributed by atoms with Gasteiger partial charge >= 0.3 is 0 Å². The van der Waals surface area contributed by atoms with E-state index in [2.05, 4.69) is 15.5 Å². The quantitative estimate of drug-likeness (QED) is 0.544. The Balaban J connectivity index is 1.55. The summed E-state index contributed by atoms with van der Waals surface area (Å²) in [6.45, 7) is 6.20. The molecule has 0 aromatic heterocycles. The minimum Gasteiger partial charge on any atom is -0.389 e. The van der Waals surface area contributed by atoms with Gasteiger partial charge in [0.05, 0.1) is 16.7 Å². The first-order chi connectivity index (χ1) is 14.1. The second-order valence-electron chi connectivity index (χ2n) is 8.86. The lowest BCUT2D eigenvalue weighted by atomic mass is 10.0. The number of rotatable bonds is 6. The van der Waals surface area contributed by atoms with Gasteiger partial charge in [0.2, 0.25) is 11.8 Å². The number of carbonyl (C=O) groups excluding carboxylic acids is 4. The first-order valence-corrected chi connectivity index (χ1v) is 10.2. The predicted molar refractivity (Wildman–Crippen MR) is 106 cm³/mol. The van der Waals surface area contributed by atoms with Crippen LogP contribution in [0, 0.1) is 0 Å². The number of piperidine rings is 1. The van der Waals surface area contributed by atoms with Gasteiger partial charge in [-0.1, -0.05) is 6.07 Å². The molecule has 3 heterocycles. The van der Waals surface area contributed by atoms with Crippen molar-refractivity contribution < 1.29 is 24.3 Å². The Bertz CT molecular complexity index is 918. The molecule has 0 bridgehead atoms. The number of benzene rings is 1. The molecule has 3 aliphatic heterocycles. The molecule has 30 heavy (non-hydrogen) atoms. The molecule has 4 rings (SSSR count). The van der Waals surface area contributed by atoms with E-state index in [4.69, 9.17) is 0 Å². The van der Waals surface area contributed by atoms with Crippen LogP contribution >= 0.6 is 0 Å². The van der Waals surface area contributed by atoms with Gasteiger partial charge in [0, 0.05) is 38.6 Å². The summed E-state index contributed by atoms with van der Waals surface area (Å²) in [5.41, 5.74) is 0.543. The van der Waals surface area contributed by atoms with E-state index in [-0.39, 0.29) is 24.0 Å². The molecule has 3 N–H and O–H groups in total. The molecule has 9 nitrogen and oxygen atoms in total. The average molecular weight is 414 g/mol. The van der Waals surface area contributed by atoms with Crippen molar-refractivity contribution >= 4 is 23.6 Å². The maximum absolute atomic E-state index is 13.0. The van der Waals surface area contributed by atoms with Crippen LogP contribution in [0.4, 0.5) is 0 Å². The molecule has 4 amide bonds. The van der Waals surface area contributed by atoms with E-state index >= 15 is 0 Å². The third-order valence-electron chi connectivity index (χ3n) is 5.76. The fourth-order valence-electron chi connectivity index (χ4n) is 4.19. The molecule has 2 saturated heterocycles. The van der Waals surface area contributed by atoms with Crippen LogP contribution in [0.3, 0.4) is 0 Å². The van der Waals surface area contributed by atoms with Crippen LogP contribution in [-0.4, -0.2) is 75.9 Å². The number of nitrogens with zero attached hydrogens (tertiary/aromatic N) is 2. The summed E-state index contributed by atoms with van der Waals surface area (Å²) in [5, 5.41) is 15.7. The summed E-state index contributed by atoms with van der Waals surface area (Å²) in [4.78, 5) is 52.5. The van der Waals surface area contributed by atoms with Gasteiger partial charge in [-0.15, -0.1) is 0 Å². The zero-order valence-corrected chi connectivity index (χ0v) is 17.1. The normalized spacial score (nSPS) is 22.4. The number of amides is 4. The first-order valence-electron chi connectivity index (χ1n) is 10.2. The van der Waals surface area contributed by atoms with Crippen LogP contribution in [0.2, 0.25) is 0 Å². The SMILES string of the molecule is CC(C)(O)CN(Cc1ccc2c(c1)C(=O)N(C1CCC(=O)NC1=O)C2=O)C1CNC1. The van der Waals surface area contributed by atoms with E-state index in [1.165, 1.54) is 0 Å². The monoisotopic (exact) mass is 414 g/mol. The Morgan fingerprint density at radius 3 is 2.43 bits per heavy atom. The molecule has 0 radical (unpaired) electrons. The van der Waals surface area contributed by atoms with Crippen LogP contribution in [0.15, 0.2) is 18.2 Å². The molecule has 0 saturated carbocycles. The molecular formula is C21H26N4O5. The molecule has 160 valence electrons. The fraction of sp³-hybridized carbons (Fsp3) is 0.524. The van der Waals surface area contributed by atoms with Gasteiger partial charge in [-0.05, 0) is 38.0 Å². The van der Waals surface area contributed by atoms with Crippen molar-refractivity contribution in [3.8, 4) is 0 Å². The largest absolute Gasteiger partial charge is 0.389 e. The molecule has 1 unspecified atom stereocenters. The topological polar surface area (TPSA) is 119 Å². The summed E-state index contributed by atoms with van der Waals surface area (Å²) in [7, 11) is 0. The zero-order chi connectivity index (χ0) is 21.6. The summed E-state index contributed by atoms with van der Waals surface area (Å²) in [6.07, 6.45) is 0.230. The molecule has 2 fully saturated rings. The molecule has 3 aliphatic rings. The highest BCUT2D eigenvalue weighted by Crippen LogP contribution is 2.29. The van der Waals surface area contributed by atoms with Gasteiger partial charge in [0.15, 0.2) is 0 Å². The Labute approximate surface area is 174 Å². The number of hydrogen-bond donors (Lipinski definition) is 3. The lowest BCUT2D eigenvalue weighted by molar-refractivity contribution is -0.136. The number of imide groups is 2. The lowest BCUT2D eigenvalue weighted by Gasteiger charge is -2.41. The maximum Gasteiger partial charge on any atom is 0.262 e. The summed E-state index contributed by atoms with van der Waals surface area (Å²) >= 11 is 0. The maximum atomic E-state index is 13.0. The zero-order valence-electron chi connectivity index (χ0n) is 17.1. The smallest absolute Gasteiger partial charge is 0.262 e. The van der Waals surface area contributed by atoms with E-state index in [0.29, 0.717) is 19.1 Å².